The number of carbonyl (C=O) groups is 1. The Balaban J connectivity index is 2.27. The first-order valence-electron chi connectivity index (χ1n) is 6.65. The Labute approximate surface area is 104 Å². The first-order valence-corrected chi connectivity index (χ1v) is 6.65. The van der Waals surface area contributed by atoms with E-state index >= 15 is 0 Å². The van der Waals surface area contributed by atoms with Gasteiger partial charge in [-0.1, -0.05) is 19.8 Å². The van der Waals surface area contributed by atoms with E-state index in [0.717, 1.165) is 6.54 Å². The monoisotopic (exact) mass is 242 g/mol. The van der Waals surface area contributed by atoms with Gasteiger partial charge in [-0.05, 0) is 24.7 Å². The molecule has 4 nitrogen and oxygen atoms in total. The van der Waals surface area contributed by atoms with E-state index in [4.69, 9.17) is 10.5 Å². The topological polar surface area (TPSA) is 64.4 Å². The molecule has 17 heavy (non-hydrogen) atoms. The lowest BCUT2D eigenvalue weighted by atomic mass is 9.66. The van der Waals surface area contributed by atoms with Gasteiger partial charge < -0.3 is 15.8 Å². The highest BCUT2D eigenvalue weighted by Crippen LogP contribution is 2.44. The molecule has 0 saturated heterocycles. The fraction of sp³-hybridized carbons (Fsp3) is 0.923. The van der Waals surface area contributed by atoms with Gasteiger partial charge in [0.05, 0.1) is 12.5 Å². The van der Waals surface area contributed by atoms with Gasteiger partial charge in [-0.3, -0.25) is 4.79 Å². The standard InChI is InChI=1S/C13H26N2O2/c1-3-5-13(6-4-7-13)10-15-12(16)8-11(9-14)17-2/h11H,3-10,14H2,1-2H3,(H,15,16). The van der Waals surface area contributed by atoms with Crippen LogP contribution in [-0.4, -0.2) is 32.2 Å². The maximum Gasteiger partial charge on any atom is 0.222 e. The second kappa shape index (κ2) is 6.97. The van der Waals surface area contributed by atoms with Gasteiger partial charge in [0.25, 0.3) is 0 Å². The number of ether oxygens (including phenoxy) is 1. The van der Waals surface area contributed by atoms with Crippen molar-refractivity contribution in [3.8, 4) is 0 Å². The van der Waals surface area contributed by atoms with E-state index in [2.05, 4.69) is 12.2 Å². The predicted octanol–water partition coefficient (Wildman–Crippen LogP) is 1.44. The van der Waals surface area contributed by atoms with E-state index in [9.17, 15) is 4.79 Å². The maximum absolute atomic E-state index is 11.7. The Kier molecular flexibility index (Phi) is 5.92. The van der Waals surface area contributed by atoms with Gasteiger partial charge in [0.2, 0.25) is 5.91 Å². The van der Waals surface area contributed by atoms with Crippen LogP contribution in [0.5, 0.6) is 0 Å². The summed E-state index contributed by atoms with van der Waals surface area (Å²) in [5.41, 5.74) is 5.88. The summed E-state index contributed by atoms with van der Waals surface area (Å²) >= 11 is 0. The van der Waals surface area contributed by atoms with E-state index in [0.29, 0.717) is 18.4 Å². The Morgan fingerprint density at radius 1 is 1.53 bits per heavy atom. The molecule has 1 fully saturated rings. The van der Waals surface area contributed by atoms with Crippen LogP contribution in [0.2, 0.25) is 0 Å². The van der Waals surface area contributed by atoms with Crippen molar-refractivity contribution in [2.45, 2.75) is 51.6 Å². The lowest BCUT2D eigenvalue weighted by Gasteiger charge is -2.42. The summed E-state index contributed by atoms with van der Waals surface area (Å²) in [5, 5.41) is 3.03. The molecule has 0 aromatic heterocycles. The molecule has 1 saturated carbocycles. The minimum atomic E-state index is -0.154. The largest absolute Gasteiger partial charge is 0.380 e. The van der Waals surface area contributed by atoms with Crippen molar-refractivity contribution in [1.82, 2.24) is 5.32 Å². The van der Waals surface area contributed by atoms with Crippen LogP contribution in [0.15, 0.2) is 0 Å². The second-order valence-electron chi connectivity index (χ2n) is 5.18. The Morgan fingerprint density at radius 2 is 2.24 bits per heavy atom. The third-order valence-electron chi connectivity index (χ3n) is 3.86. The minimum absolute atomic E-state index is 0.0599. The van der Waals surface area contributed by atoms with Gasteiger partial charge in [-0.25, -0.2) is 0 Å². The van der Waals surface area contributed by atoms with Crippen LogP contribution in [0.1, 0.15) is 45.4 Å². The molecule has 0 bridgehead atoms. The van der Waals surface area contributed by atoms with Crippen LogP contribution in [0.4, 0.5) is 0 Å². The summed E-state index contributed by atoms with van der Waals surface area (Å²) in [6, 6.07) is 0. The molecule has 1 unspecified atom stereocenters. The van der Waals surface area contributed by atoms with Crippen LogP contribution in [-0.2, 0) is 9.53 Å². The van der Waals surface area contributed by atoms with Crippen molar-refractivity contribution in [3.05, 3.63) is 0 Å². The van der Waals surface area contributed by atoms with Crippen LogP contribution in [0.3, 0.4) is 0 Å². The van der Waals surface area contributed by atoms with Gasteiger partial charge in [0, 0.05) is 20.2 Å². The van der Waals surface area contributed by atoms with Gasteiger partial charge in [0.15, 0.2) is 0 Å². The molecular weight excluding hydrogens is 216 g/mol. The summed E-state index contributed by atoms with van der Waals surface area (Å²) in [6.07, 6.45) is 6.45. The van der Waals surface area contributed by atoms with Crippen molar-refractivity contribution in [3.63, 3.8) is 0 Å². The van der Waals surface area contributed by atoms with Gasteiger partial charge in [-0.2, -0.15) is 0 Å². The quantitative estimate of drug-likeness (QED) is 0.677. The highest BCUT2D eigenvalue weighted by Gasteiger charge is 2.36. The van der Waals surface area contributed by atoms with Crippen LogP contribution < -0.4 is 11.1 Å². The van der Waals surface area contributed by atoms with E-state index in [1.807, 2.05) is 0 Å². The van der Waals surface area contributed by atoms with Gasteiger partial charge in [-0.15, -0.1) is 0 Å². The molecule has 0 aromatic carbocycles. The molecular formula is C13H26N2O2. The number of hydrogen-bond donors (Lipinski definition) is 2. The summed E-state index contributed by atoms with van der Waals surface area (Å²) in [7, 11) is 1.59. The zero-order valence-corrected chi connectivity index (χ0v) is 11.1. The Hall–Kier alpha value is -0.610. The van der Waals surface area contributed by atoms with E-state index in [1.165, 1.54) is 32.1 Å². The molecule has 4 heteroatoms. The van der Waals surface area contributed by atoms with Crippen LogP contribution >= 0.6 is 0 Å². The number of carbonyl (C=O) groups excluding carboxylic acids is 1. The lowest BCUT2D eigenvalue weighted by Crippen LogP contribution is -2.43. The van der Waals surface area contributed by atoms with E-state index in [1.54, 1.807) is 7.11 Å². The molecule has 0 radical (unpaired) electrons. The Morgan fingerprint density at radius 3 is 2.65 bits per heavy atom. The molecule has 100 valence electrons. The second-order valence-corrected chi connectivity index (χ2v) is 5.18. The number of hydrogen-bond acceptors (Lipinski definition) is 3. The molecule has 0 aromatic rings. The van der Waals surface area contributed by atoms with E-state index in [-0.39, 0.29) is 12.0 Å². The van der Waals surface area contributed by atoms with Crippen molar-refractivity contribution in [2.75, 3.05) is 20.2 Å². The summed E-state index contributed by atoms with van der Waals surface area (Å²) in [5.74, 6) is 0.0599. The molecule has 1 aliphatic rings. The molecule has 1 amide bonds. The molecule has 1 atom stereocenters. The fourth-order valence-corrected chi connectivity index (χ4v) is 2.55. The van der Waals surface area contributed by atoms with Crippen LogP contribution in [0.25, 0.3) is 0 Å². The number of amides is 1. The highest BCUT2D eigenvalue weighted by atomic mass is 16.5. The molecule has 0 aliphatic heterocycles. The third-order valence-corrected chi connectivity index (χ3v) is 3.86. The van der Waals surface area contributed by atoms with E-state index < -0.39 is 0 Å². The SMILES string of the molecule is CCCC1(CNC(=O)CC(CN)OC)CCC1. The fourth-order valence-electron chi connectivity index (χ4n) is 2.55. The van der Waals surface area contributed by atoms with Crippen molar-refractivity contribution >= 4 is 5.91 Å². The molecule has 1 rings (SSSR count). The first kappa shape index (κ1) is 14.5. The van der Waals surface area contributed by atoms with Crippen molar-refractivity contribution in [1.29, 1.82) is 0 Å². The minimum Gasteiger partial charge on any atom is -0.380 e. The normalized spacial score (nSPS) is 19.5. The average Bonchev–Trinajstić information content (AvgIpc) is 2.29. The number of methoxy groups -OCH3 is 1. The Bertz CT molecular complexity index is 236. The molecule has 1 aliphatic carbocycles. The summed E-state index contributed by atoms with van der Waals surface area (Å²) < 4.78 is 5.10. The predicted molar refractivity (Wildman–Crippen MR) is 68.7 cm³/mol. The van der Waals surface area contributed by atoms with Crippen molar-refractivity contribution in [2.24, 2.45) is 11.1 Å². The molecule has 0 heterocycles. The first-order chi connectivity index (χ1) is 8.15. The zero-order valence-electron chi connectivity index (χ0n) is 11.1. The maximum atomic E-state index is 11.7. The number of rotatable bonds is 8. The summed E-state index contributed by atoms with van der Waals surface area (Å²) in [6.45, 7) is 3.42. The van der Waals surface area contributed by atoms with Crippen LogP contribution in [0, 0.1) is 5.41 Å². The average molecular weight is 242 g/mol. The number of nitrogens with two attached hydrogens (primary N) is 1. The summed E-state index contributed by atoms with van der Waals surface area (Å²) in [4.78, 5) is 11.7. The molecule has 3 N–H and O–H groups in total. The molecule has 0 spiro atoms. The van der Waals surface area contributed by atoms with Gasteiger partial charge >= 0.3 is 0 Å². The zero-order chi connectivity index (χ0) is 12.7. The number of nitrogens with one attached hydrogen (secondary N) is 1. The third kappa shape index (κ3) is 4.28. The smallest absolute Gasteiger partial charge is 0.222 e. The van der Waals surface area contributed by atoms with Gasteiger partial charge in [0.1, 0.15) is 0 Å². The highest BCUT2D eigenvalue weighted by molar-refractivity contribution is 5.76. The van der Waals surface area contributed by atoms with Crippen molar-refractivity contribution < 1.29 is 9.53 Å². The lowest BCUT2D eigenvalue weighted by molar-refractivity contribution is -0.124.